The van der Waals surface area contributed by atoms with E-state index in [0.29, 0.717) is 0 Å². The summed E-state index contributed by atoms with van der Waals surface area (Å²) in [6, 6.07) is 1.09. The number of nitrogens with zero attached hydrogens (tertiary/aromatic N) is 2. The van der Waals surface area contributed by atoms with Crippen molar-refractivity contribution < 1.29 is 21.6 Å². The fraction of sp³-hybridized carbons (Fsp3) is 0.500. The van der Waals surface area contributed by atoms with E-state index >= 15 is 0 Å². The van der Waals surface area contributed by atoms with Crippen molar-refractivity contribution in [2.24, 2.45) is 0 Å². The van der Waals surface area contributed by atoms with Crippen LogP contribution in [-0.4, -0.2) is 42.7 Å². The van der Waals surface area contributed by atoms with E-state index < -0.39 is 22.7 Å². The van der Waals surface area contributed by atoms with Gasteiger partial charge in [0.15, 0.2) is 5.03 Å². The summed E-state index contributed by atoms with van der Waals surface area (Å²) in [7, 11) is -3.28. The molecule has 1 N–H and O–H groups in total. The van der Waals surface area contributed by atoms with Gasteiger partial charge in [-0.3, -0.25) is 5.10 Å². The lowest BCUT2D eigenvalue weighted by Crippen LogP contribution is -2.36. The number of alkyl halides is 3. The van der Waals surface area contributed by atoms with Crippen LogP contribution in [0.5, 0.6) is 0 Å². The molecule has 5 nitrogen and oxygen atoms in total. The van der Waals surface area contributed by atoms with Gasteiger partial charge in [-0.1, -0.05) is 0 Å². The standard InChI is InChI=1S/C6H8F3N3O2S/c1-12(4-6(7,8)9)15(13,14)5-2-3-10-11-5/h2-3H,4H2,1H3,(H,10,11). The first-order valence-corrected chi connectivity index (χ1v) is 5.20. The third-order valence-corrected chi connectivity index (χ3v) is 3.30. The van der Waals surface area contributed by atoms with Crippen molar-refractivity contribution in [1.29, 1.82) is 0 Å². The van der Waals surface area contributed by atoms with Crippen molar-refractivity contribution in [3.8, 4) is 0 Å². The minimum atomic E-state index is -4.57. The minimum absolute atomic E-state index is 0.209. The number of sulfonamides is 1. The second-order valence-electron chi connectivity index (χ2n) is 2.80. The molecule has 0 saturated carbocycles. The molecule has 0 aromatic carbocycles. The van der Waals surface area contributed by atoms with Gasteiger partial charge in [-0.05, 0) is 6.07 Å². The van der Waals surface area contributed by atoms with Crippen molar-refractivity contribution in [2.45, 2.75) is 11.2 Å². The highest BCUT2D eigenvalue weighted by molar-refractivity contribution is 7.89. The Balaban J connectivity index is 2.89. The van der Waals surface area contributed by atoms with E-state index in [1.807, 2.05) is 0 Å². The zero-order valence-corrected chi connectivity index (χ0v) is 8.43. The highest BCUT2D eigenvalue weighted by atomic mass is 32.2. The lowest BCUT2D eigenvalue weighted by Gasteiger charge is -2.17. The summed E-state index contributed by atoms with van der Waals surface area (Å²) in [5.74, 6) is 0. The lowest BCUT2D eigenvalue weighted by atomic mass is 10.6. The van der Waals surface area contributed by atoms with Crippen molar-refractivity contribution in [2.75, 3.05) is 13.6 Å². The lowest BCUT2D eigenvalue weighted by molar-refractivity contribution is -0.134. The molecule has 0 amide bonds. The topological polar surface area (TPSA) is 66.1 Å². The molecule has 9 heteroatoms. The summed E-state index contributed by atoms with van der Waals surface area (Å²) >= 11 is 0. The molecule has 0 aliphatic carbocycles. The van der Waals surface area contributed by atoms with E-state index in [2.05, 4.69) is 10.2 Å². The molecule has 0 aliphatic heterocycles. The number of hydrogen-bond acceptors (Lipinski definition) is 3. The van der Waals surface area contributed by atoms with Crippen molar-refractivity contribution in [3.63, 3.8) is 0 Å². The van der Waals surface area contributed by atoms with E-state index in [4.69, 9.17) is 0 Å². The minimum Gasteiger partial charge on any atom is -0.266 e. The normalized spacial score (nSPS) is 13.4. The molecule has 1 aromatic heterocycles. The van der Waals surface area contributed by atoms with Gasteiger partial charge in [0, 0.05) is 7.05 Å². The van der Waals surface area contributed by atoms with Crippen LogP contribution < -0.4 is 0 Å². The molecule has 0 radical (unpaired) electrons. The van der Waals surface area contributed by atoms with Gasteiger partial charge in [-0.2, -0.15) is 22.6 Å². The zero-order valence-electron chi connectivity index (χ0n) is 7.61. The number of hydrogen-bond donors (Lipinski definition) is 1. The highest BCUT2D eigenvalue weighted by Crippen LogP contribution is 2.19. The average molecular weight is 243 g/mol. The molecule has 0 spiro atoms. The van der Waals surface area contributed by atoms with Crippen LogP contribution in [0.4, 0.5) is 13.2 Å². The summed E-state index contributed by atoms with van der Waals surface area (Å²) in [6.45, 7) is -1.53. The van der Waals surface area contributed by atoms with Crippen molar-refractivity contribution in [1.82, 2.24) is 14.5 Å². The van der Waals surface area contributed by atoms with Gasteiger partial charge in [0.2, 0.25) is 0 Å². The molecule has 1 heterocycles. The predicted molar refractivity (Wildman–Crippen MR) is 44.5 cm³/mol. The van der Waals surface area contributed by atoms with Gasteiger partial charge < -0.3 is 0 Å². The molecule has 0 atom stereocenters. The summed E-state index contributed by atoms with van der Waals surface area (Å²) in [4.78, 5) is 0. The molecule has 0 unspecified atom stereocenters. The Hall–Kier alpha value is -1.09. The third kappa shape index (κ3) is 2.93. The van der Waals surface area contributed by atoms with Gasteiger partial charge >= 0.3 is 6.18 Å². The quantitative estimate of drug-likeness (QED) is 0.845. The van der Waals surface area contributed by atoms with Gasteiger partial charge in [-0.25, -0.2) is 8.42 Å². The number of H-pyrrole nitrogens is 1. The Morgan fingerprint density at radius 1 is 1.53 bits per heavy atom. The molecule has 0 saturated heterocycles. The summed E-state index contributed by atoms with van der Waals surface area (Å²) in [5, 5.41) is 5.09. The summed E-state index contributed by atoms with van der Waals surface area (Å²) in [5.41, 5.74) is 0. The Labute approximate surface area is 83.9 Å². The molecule has 86 valence electrons. The number of aromatic nitrogens is 2. The maximum atomic E-state index is 11.9. The number of nitrogens with one attached hydrogen (secondary N) is 1. The smallest absolute Gasteiger partial charge is 0.266 e. The van der Waals surface area contributed by atoms with Crippen molar-refractivity contribution >= 4 is 10.0 Å². The molecule has 0 aliphatic rings. The van der Waals surface area contributed by atoms with Gasteiger partial charge in [0.1, 0.15) is 6.54 Å². The highest BCUT2D eigenvalue weighted by Gasteiger charge is 2.35. The Morgan fingerprint density at radius 3 is 2.53 bits per heavy atom. The number of rotatable bonds is 3. The van der Waals surface area contributed by atoms with Crippen LogP contribution >= 0.6 is 0 Å². The Bertz CT molecular complexity index is 411. The monoisotopic (exact) mass is 243 g/mol. The van der Waals surface area contributed by atoms with Gasteiger partial charge in [0.05, 0.1) is 6.20 Å². The average Bonchev–Trinajstić information content (AvgIpc) is 2.52. The van der Waals surface area contributed by atoms with Crippen LogP contribution in [-0.2, 0) is 10.0 Å². The largest absolute Gasteiger partial charge is 0.402 e. The molecule has 1 aromatic rings. The number of aromatic amines is 1. The van der Waals surface area contributed by atoms with Gasteiger partial charge in [-0.15, -0.1) is 0 Å². The Morgan fingerprint density at radius 2 is 2.13 bits per heavy atom. The maximum absolute atomic E-state index is 11.9. The second kappa shape index (κ2) is 3.81. The molecule has 1 rings (SSSR count). The SMILES string of the molecule is CN(CC(F)(F)F)S(=O)(=O)c1ccn[nH]1. The van der Waals surface area contributed by atoms with Crippen LogP contribution in [0, 0.1) is 0 Å². The van der Waals surface area contributed by atoms with Crippen LogP contribution in [0.15, 0.2) is 17.3 Å². The van der Waals surface area contributed by atoms with Crippen LogP contribution in [0.3, 0.4) is 0 Å². The van der Waals surface area contributed by atoms with E-state index in [1.54, 1.807) is 0 Å². The van der Waals surface area contributed by atoms with E-state index in [-0.39, 0.29) is 9.33 Å². The first kappa shape index (κ1) is 12.0. The fourth-order valence-electron chi connectivity index (χ4n) is 0.892. The van der Waals surface area contributed by atoms with Gasteiger partial charge in [0.25, 0.3) is 10.0 Å². The van der Waals surface area contributed by atoms with E-state index in [9.17, 15) is 21.6 Å². The van der Waals surface area contributed by atoms with Crippen LogP contribution in [0.1, 0.15) is 0 Å². The predicted octanol–water partition coefficient (Wildman–Crippen LogP) is 0.593. The first-order chi connectivity index (χ1) is 6.73. The second-order valence-corrected chi connectivity index (χ2v) is 4.81. The summed E-state index contributed by atoms with van der Waals surface area (Å²) < 4.78 is 58.9. The van der Waals surface area contributed by atoms with Crippen LogP contribution in [0.2, 0.25) is 0 Å². The summed E-state index contributed by atoms with van der Waals surface area (Å²) in [6.07, 6.45) is -3.42. The molecular formula is C6H8F3N3O2S. The van der Waals surface area contributed by atoms with E-state index in [1.165, 1.54) is 0 Å². The first-order valence-electron chi connectivity index (χ1n) is 3.76. The van der Waals surface area contributed by atoms with Crippen molar-refractivity contribution in [3.05, 3.63) is 12.3 Å². The van der Waals surface area contributed by atoms with Crippen LogP contribution in [0.25, 0.3) is 0 Å². The molecular weight excluding hydrogens is 235 g/mol. The Kier molecular flexibility index (Phi) is 3.05. The van der Waals surface area contributed by atoms with E-state index in [0.717, 1.165) is 19.3 Å². The fourth-order valence-corrected chi connectivity index (χ4v) is 1.95. The number of halogens is 3. The maximum Gasteiger partial charge on any atom is 0.402 e. The molecule has 15 heavy (non-hydrogen) atoms. The molecule has 0 fully saturated rings. The molecule has 0 bridgehead atoms. The third-order valence-electron chi connectivity index (χ3n) is 1.57. The zero-order chi connectivity index (χ0) is 11.7.